The molecule has 2 N–H and O–H groups in total. The van der Waals surface area contributed by atoms with E-state index in [0.29, 0.717) is 12.4 Å². The lowest BCUT2D eigenvalue weighted by Gasteiger charge is -2.42. The van der Waals surface area contributed by atoms with Crippen molar-refractivity contribution in [2.75, 3.05) is 0 Å². The molecule has 1 aliphatic carbocycles. The molecule has 0 unspecified atom stereocenters. The second-order valence-electron chi connectivity index (χ2n) is 10.0. The standard InChI is InChI=1S/C26H31N3O3/c1-25(2)11-12-26(3,4)22-13-17(5-10-21(22)25)15-32-19-8-6-18(7-9-19)20(14-23(30)31)24-27-16-28-29-24/h5-10,13,16,20H,11-12,14-15H2,1-4H3,(H,30,31)(H,27,28,29)/t20-/m0/s1. The summed E-state index contributed by atoms with van der Waals surface area (Å²) in [7, 11) is 0. The topological polar surface area (TPSA) is 88.1 Å². The van der Waals surface area contributed by atoms with Gasteiger partial charge in [0.1, 0.15) is 24.5 Å². The molecule has 0 radical (unpaired) electrons. The largest absolute Gasteiger partial charge is 0.489 e. The van der Waals surface area contributed by atoms with Crippen molar-refractivity contribution in [1.82, 2.24) is 15.2 Å². The molecule has 6 heteroatoms. The molecule has 0 saturated carbocycles. The van der Waals surface area contributed by atoms with Crippen LogP contribution in [0.5, 0.6) is 5.75 Å². The molecule has 1 heterocycles. The van der Waals surface area contributed by atoms with Crippen molar-refractivity contribution < 1.29 is 14.6 Å². The molecule has 0 bridgehead atoms. The zero-order valence-corrected chi connectivity index (χ0v) is 19.2. The molecule has 0 spiro atoms. The monoisotopic (exact) mass is 433 g/mol. The van der Waals surface area contributed by atoms with Crippen LogP contribution >= 0.6 is 0 Å². The molecule has 3 aromatic rings. The third kappa shape index (κ3) is 4.54. The number of hydrogen-bond acceptors (Lipinski definition) is 4. The van der Waals surface area contributed by atoms with E-state index >= 15 is 0 Å². The lowest BCUT2D eigenvalue weighted by molar-refractivity contribution is -0.137. The number of carbonyl (C=O) groups is 1. The molecule has 1 atom stereocenters. The number of carboxylic acid groups (broad SMARTS) is 1. The van der Waals surface area contributed by atoms with Crippen LogP contribution in [-0.4, -0.2) is 26.3 Å². The van der Waals surface area contributed by atoms with E-state index < -0.39 is 5.97 Å². The van der Waals surface area contributed by atoms with Crippen molar-refractivity contribution in [3.63, 3.8) is 0 Å². The van der Waals surface area contributed by atoms with Crippen LogP contribution in [0.15, 0.2) is 48.8 Å². The van der Waals surface area contributed by atoms with Gasteiger partial charge in [-0.25, -0.2) is 4.98 Å². The predicted octanol–water partition coefficient (Wildman–Crippen LogP) is 5.34. The maximum atomic E-state index is 11.3. The van der Waals surface area contributed by atoms with E-state index in [4.69, 9.17) is 4.74 Å². The number of aliphatic carboxylic acids is 1. The SMILES string of the molecule is CC1(C)CCC(C)(C)c2cc(COc3ccc([C@H](CC(=O)O)c4ncn[nH]4)cc3)ccc21. The Hall–Kier alpha value is -3.15. The first-order valence-corrected chi connectivity index (χ1v) is 11.1. The average molecular weight is 434 g/mol. The van der Waals surface area contributed by atoms with Crippen LogP contribution in [0.4, 0.5) is 0 Å². The van der Waals surface area contributed by atoms with Crippen molar-refractivity contribution >= 4 is 5.97 Å². The van der Waals surface area contributed by atoms with Gasteiger partial charge in [-0.1, -0.05) is 58.0 Å². The maximum absolute atomic E-state index is 11.3. The molecule has 1 aliphatic rings. The number of rotatable bonds is 7. The first kappa shape index (κ1) is 22.1. The molecular weight excluding hydrogens is 402 g/mol. The fourth-order valence-corrected chi connectivity index (χ4v) is 4.62. The van der Waals surface area contributed by atoms with Gasteiger partial charge in [-0.15, -0.1) is 0 Å². The minimum Gasteiger partial charge on any atom is -0.489 e. The Labute approximate surface area is 189 Å². The Morgan fingerprint density at radius 3 is 2.38 bits per heavy atom. The summed E-state index contributed by atoms with van der Waals surface area (Å²) in [4.78, 5) is 15.4. The number of carboxylic acids is 1. The lowest BCUT2D eigenvalue weighted by atomic mass is 9.63. The summed E-state index contributed by atoms with van der Waals surface area (Å²) in [6.07, 6.45) is 3.72. The summed E-state index contributed by atoms with van der Waals surface area (Å²) in [6.45, 7) is 9.80. The minimum atomic E-state index is -0.884. The minimum absolute atomic E-state index is 0.0589. The van der Waals surface area contributed by atoms with Gasteiger partial charge >= 0.3 is 5.97 Å². The van der Waals surface area contributed by atoms with Crippen molar-refractivity contribution in [3.05, 3.63) is 76.9 Å². The van der Waals surface area contributed by atoms with E-state index in [1.165, 1.54) is 30.3 Å². The molecule has 168 valence electrons. The summed E-state index contributed by atoms with van der Waals surface area (Å²) in [6, 6.07) is 14.3. The van der Waals surface area contributed by atoms with Gasteiger partial charge in [0.05, 0.1) is 12.3 Å². The van der Waals surface area contributed by atoms with Gasteiger partial charge in [0.2, 0.25) is 0 Å². The highest BCUT2D eigenvalue weighted by Gasteiger charge is 2.36. The molecule has 1 aromatic heterocycles. The first-order chi connectivity index (χ1) is 15.2. The van der Waals surface area contributed by atoms with Crippen LogP contribution in [0.3, 0.4) is 0 Å². The van der Waals surface area contributed by atoms with Gasteiger partial charge in [0.15, 0.2) is 0 Å². The van der Waals surface area contributed by atoms with E-state index in [0.717, 1.165) is 16.9 Å². The van der Waals surface area contributed by atoms with Crippen LogP contribution in [0.25, 0.3) is 0 Å². The van der Waals surface area contributed by atoms with Crippen LogP contribution in [0, 0.1) is 0 Å². The van der Waals surface area contributed by atoms with Gasteiger partial charge in [0, 0.05) is 0 Å². The highest BCUT2D eigenvalue weighted by atomic mass is 16.5. The van der Waals surface area contributed by atoms with Crippen LogP contribution in [0.1, 0.15) is 81.0 Å². The third-order valence-electron chi connectivity index (χ3n) is 6.75. The fourth-order valence-electron chi connectivity index (χ4n) is 4.62. The van der Waals surface area contributed by atoms with E-state index in [1.54, 1.807) is 0 Å². The molecule has 32 heavy (non-hydrogen) atoms. The molecule has 0 saturated heterocycles. The Balaban J connectivity index is 1.49. The predicted molar refractivity (Wildman–Crippen MR) is 123 cm³/mol. The summed E-state index contributed by atoms with van der Waals surface area (Å²) < 4.78 is 6.06. The van der Waals surface area contributed by atoms with Crippen LogP contribution in [-0.2, 0) is 22.2 Å². The summed E-state index contributed by atoms with van der Waals surface area (Å²) in [5, 5.41) is 15.9. The maximum Gasteiger partial charge on any atom is 0.304 e. The number of aromatic nitrogens is 3. The lowest BCUT2D eigenvalue weighted by Crippen LogP contribution is -2.33. The molecule has 0 amide bonds. The first-order valence-electron chi connectivity index (χ1n) is 11.1. The normalized spacial score (nSPS) is 17.4. The Morgan fingerprint density at radius 1 is 1.06 bits per heavy atom. The molecule has 4 rings (SSSR count). The van der Waals surface area contributed by atoms with Crippen molar-refractivity contribution in [2.24, 2.45) is 0 Å². The molecule has 0 aliphatic heterocycles. The average Bonchev–Trinajstić information content (AvgIpc) is 3.29. The third-order valence-corrected chi connectivity index (χ3v) is 6.75. The zero-order chi connectivity index (χ0) is 22.9. The molecule has 0 fully saturated rings. The highest BCUT2D eigenvalue weighted by Crippen LogP contribution is 2.46. The molecular formula is C26H31N3O3. The van der Waals surface area contributed by atoms with E-state index in [1.807, 2.05) is 24.3 Å². The van der Waals surface area contributed by atoms with E-state index in [2.05, 4.69) is 61.1 Å². The second kappa shape index (κ2) is 8.41. The molecule has 6 nitrogen and oxygen atoms in total. The smallest absolute Gasteiger partial charge is 0.304 e. The van der Waals surface area contributed by atoms with Crippen molar-refractivity contribution in [2.45, 2.75) is 70.3 Å². The summed E-state index contributed by atoms with van der Waals surface area (Å²) in [5.74, 6) is 0.0268. The number of hydrogen-bond donors (Lipinski definition) is 2. The number of aromatic amines is 1. The Bertz CT molecular complexity index is 1090. The number of benzene rings is 2. The number of H-pyrrole nitrogens is 1. The quantitative estimate of drug-likeness (QED) is 0.525. The van der Waals surface area contributed by atoms with Crippen molar-refractivity contribution in [1.29, 1.82) is 0 Å². The number of nitrogens with zero attached hydrogens (tertiary/aromatic N) is 2. The van der Waals surface area contributed by atoms with Gasteiger partial charge in [0.25, 0.3) is 0 Å². The molecule has 2 aromatic carbocycles. The Kier molecular flexibility index (Phi) is 5.80. The van der Waals surface area contributed by atoms with E-state index in [9.17, 15) is 9.90 Å². The highest BCUT2D eigenvalue weighted by molar-refractivity contribution is 5.68. The summed E-state index contributed by atoms with van der Waals surface area (Å²) >= 11 is 0. The fraction of sp³-hybridized carbons (Fsp3) is 0.423. The van der Waals surface area contributed by atoms with Crippen LogP contribution < -0.4 is 4.74 Å². The van der Waals surface area contributed by atoms with Gasteiger partial charge < -0.3 is 9.84 Å². The van der Waals surface area contributed by atoms with Crippen molar-refractivity contribution in [3.8, 4) is 5.75 Å². The Morgan fingerprint density at radius 2 is 1.75 bits per heavy atom. The van der Waals surface area contributed by atoms with Gasteiger partial charge in [-0.3, -0.25) is 9.89 Å². The van der Waals surface area contributed by atoms with Gasteiger partial charge in [-0.2, -0.15) is 5.10 Å². The number of nitrogens with one attached hydrogen (secondary N) is 1. The number of fused-ring (bicyclic) bond motifs is 1. The van der Waals surface area contributed by atoms with Crippen LogP contribution in [0.2, 0.25) is 0 Å². The second-order valence-corrected chi connectivity index (χ2v) is 10.0. The zero-order valence-electron chi connectivity index (χ0n) is 19.2. The van der Waals surface area contributed by atoms with E-state index in [-0.39, 0.29) is 23.2 Å². The van der Waals surface area contributed by atoms with Gasteiger partial charge in [-0.05, 0) is 58.1 Å². The summed E-state index contributed by atoms with van der Waals surface area (Å²) in [5.41, 5.74) is 5.25. The number of ether oxygens (including phenoxy) is 1.